The van der Waals surface area contributed by atoms with Crippen molar-refractivity contribution in [3.05, 3.63) is 11.8 Å². The number of ketones is 1. The summed E-state index contributed by atoms with van der Waals surface area (Å²) in [5.74, 6) is 5.56. The number of hydrogen-bond donors (Lipinski definition) is 0. The minimum atomic E-state index is -1.06. The molecular weight excluding hydrogens is 412 g/mol. The van der Waals surface area contributed by atoms with Crippen LogP contribution < -0.4 is 0 Å². The molecule has 2 nitrogen and oxygen atoms in total. The maximum absolute atomic E-state index is 11.7. The van der Waals surface area contributed by atoms with E-state index in [0.717, 1.165) is 18.8 Å². The highest BCUT2D eigenvalue weighted by atomic mass is 32.3. The van der Waals surface area contributed by atoms with Gasteiger partial charge < -0.3 is 8.98 Å². The quantitative estimate of drug-likeness (QED) is 0.360. The summed E-state index contributed by atoms with van der Waals surface area (Å²) in [4.78, 5) is 11.7. The van der Waals surface area contributed by atoms with Crippen LogP contribution in [0.3, 0.4) is 0 Å². The highest BCUT2D eigenvalue weighted by molar-refractivity contribution is 8.28. The predicted molar refractivity (Wildman–Crippen MR) is 141 cm³/mol. The highest BCUT2D eigenvalue weighted by Gasteiger charge is 2.58. The third kappa shape index (κ3) is 4.98. The van der Waals surface area contributed by atoms with Gasteiger partial charge in [0.1, 0.15) is 11.5 Å². The molecule has 0 aliphatic heterocycles. The summed E-state index contributed by atoms with van der Waals surface area (Å²) in [6.45, 7) is 14.3. The molecule has 0 aromatic rings. The van der Waals surface area contributed by atoms with Gasteiger partial charge in [0.25, 0.3) is 0 Å². The second-order valence-electron chi connectivity index (χ2n) is 12.9. The van der Waals surface area contributed by atoms with Gasteiger partial charge in [0, 0.05) is 12.3 Å². The number of carbonyl (C=O) groups is 1. The zero-order chi connectivity index (χ0) is 23.9. The molecule has 2 fully saturated rings. The van der Waals surface area contributed by atoms with Gasteiger partial charge in [-0.3, -0.25) is 0 Å². The van der Waals surface area contributed by atoms with Crippen LogP contribution in [-0.4, -0.2) is 24.6 Å². The van der Waals surface area contributed by atoms with Crippen molar-refractivity contribution in [2.24, 2.45) is 46.3 Å². The van der Waals surface area contributed by atoms with Crippen molar-refractivity contribution in [1.29, 1.82) is 0 Å². The van der Waals surface area contributed by atoms with Gasteiger partial charge in [0.15, 0.2) is 0 Å². The van der Waals surface area contributed by atoms with Gasteiger partial charge in [-0.25, -0.2) is 0 Å². The van der Waals surface area contributed by atoms with Crippen molar-refractivity contribution in [3.8, 4) is 0 Å². The van der Waals surface area contributed by atoms with Gasteiger partial charge in [-0.1, -0.05) is 53.9 Å². The Kier molecular flexibility index (Phi) is 7.90. The first kappa shape index (κ1) is 26.2. The van der Waals surface area contributed by atoms with Gasteiger partial charge in [-0.15, -0.1) is 10.3 Å². The second-order valence-corrected chi connectivity index (χ2v) is 16.5. The third-order valence-electron chi connectivity index (χ3n) is 10.1. The molecule has 0 aromatic carbocycles. The van der Waals surface area contributed by atoms with Gasteiger partial charge in [-0.05, 0) is 104 Å². The first-order valence-electron chi connectivity index (χ1n) is 13.4. The van der Waals surface area contributed by atoms with E-state index in [9.17, 15) is 4.79 Å². The number of hydrogen-bond acceptors (Lipinski definition) is 2. The minimum absolute atomic E-state index is 0.305. The molecule has 3 aliphatic rings. The lowest BCUT2D eigenvalue weighted by molar-refractivity contribution is -0.118. The molecule has 0 heterocycles. The molecule has 8 atom stereocenters. The van der Waals surface area contributed by atoms with Crippen LogP contribution in [0.2, 0.25) is 0 Å². The Hall–Kier alpha value is -0.440. The van der Waals surface area contributed by atoms with E-state index in [4.69, 9.17) is 4.18 Å². The van der Waals surface area contributed by atoms with Crippen LogP contribution in [0, 0.1) is 46.3 Å². The van der Waals surface area contributed by atoms with E-state index in [0.29, 0.717) is 46.2 Å². The number of carbonyl (C=O) groups excluding carboxylic acids is 1. The lowest BCUT2D eigenvalue weighted by Gasteiger charge is -2.61. The van der Waals surface area contributed by atoms with E-state index in [-0.39, 0.29) is 0 Å². The second kappa shape index (κ2) is 9.67. The summed E-state index contributed by atoms with van der Waals surface area (Å²) >= 11 is 0. The van der Waals surface area contributed by atoms with Crippen LogP contribution >= 0.6 is 10.3 Å². The Labute approximate surface area is 201 Å². The molecule has 3 heteroatoms. The van der Waals surface area contributed by atoms with Crippen molar-refractivity contribution in [3.63, 3.8) is 0 Å². The Morgan fingerprint density at radius 1 is 1.19 bits per heavy atom. The average Bonchev–Trinajstić information content (AvgIpc) is 2.68. The van der Waals surface area contributed by atoms with E-state index in [1.54, 1.807) is 6.92 Å². The molecule has 0 radical (unpaired) electrons. The molecule has 0 aromatic heterocycles. The van der Waals surface area contributed by atoms with Crippen LogP contribution in [0.5, 0.6) is 0 Å². The number of fused-ring (bicyclic) bond motifs is 3. The largest absolute Gasteiger partial charge is 0.454 e. The lowest BCUT2D eigenvalue weighted by Crippen LogP contribution is -2.54. The smallest absolute Gasteiger partial charge is 0.129 e. The Morgan fingerprint density at radius 3 is 2.47 bits per heavy atom. The SMILES string of the molecule is CCC([C@H](C)CCC(C)=O)C1(C)CCC2C(C(OS(C)(C)C)=CC3CCCCC32C)C1C. The van der Waals surface area contributed by atoms with E-state index >= 15 is 0 Å². The Balaban J connectivity index is 1.97. The van der Waals surface area contributed by atoms with Crippen LogP contribution in [-0.2, 0) is 8.98 Å². The summed E-state index contributed by atoms with van der Waals surface area (Å²) in [6.07, 6.45) is 20.7. The molecular formula is C29H52O2S. The Bertz CT molecular complexity index is 706. The van der Waals surface area contributed by atoms with E-state index < -0.39 is 10.3 Å². The zero-order valence-corrected chi connectivity index (χ0v) is 23.4. The third-order valence-corrected chi connectivity index (χ3v) is 10.8. The van der Waals surface area contributed by atoms with Crippen LogP contribution in [0.1, 0.15) is 99.3 Å². The fraction of sp³-hybridized carbons (Fsp3) is 0.897. The summed E-state index contributed by atoms with van der Waals surface area (Å²) in [5, 5.41) is 0. The zero-order valence-electron chi connectivity index (χ0n) is 22.6. The number of rotatable bonds is 8. The molecule has 2 saturated carbocycles. The lowest BCUT2D eigenvalue weighted by atomic mass is 9.44. The van der Waals surface area contributed by atoms with Crippen LogP contribution in [0.4, 0.5) is 0 Å². The molecule has 3 aliphatic carbocycles. The predicted octanol–water partition coefficient (Wildman–Crippen LogP) is 8.41. The molecule has 186 valence electrons. The van der Waals surface area contributed by atoms with Gasteiger partial charge in [0.2, 0.25) is 0 Å². The fourth-order valence-corrected chi connectivity index (χ4v) is 9.04. The van der Waals surface area contributed by atoms with E-state index in [2.05, 4.69) is 59.5 Å². The average molecular weight is 465 g/mol. The fourth-order valence-electron chi connectivity index (χ4n) is 8.29. The maximum atomic E-state index is 11.7. The summed E-state index contributed by atoms with van der Waals surface area (Å²) in [6, 6.07) is 0. The maximum Gasteiger partial charge on any atom is 0.129 e. The van der Waals surface area contributed by atoms with Crippen molar-refractivity contribution >= 4 is 16.1 Å². The number of Topliss-reactive ketones (excluding diaryl/α,β-unsaturated/α-hetero) is 1. The van der Waals surface area contributed by atoms with Gasteiger partial charge >= 0.3 is 0 Å². The minimum Gasteiger partial charge on any atom is -0.454 e. The molecule has 0 saturated heterocycles. The molecule has 7 unspecified atom stereocenters. The van der Waals surface area contributed by atoms with Crippen molar-refractivity contribution < 1.29 is 8.98 Å². The standard InChI is InChI=1S/C29H52O2S/c1-10-24(20(2)14-15-21(3)30)28(5)18-16-25-27(22(28)4)26(31-32(7,8)9)19-23-13-11-12-17-29(23,25)6/h19-20,22-25,27H,10-18H2,1-9H3/t20-,22?,23?,24?,25?,27?,28?,29?/m1/s1. The summed E-state index contributed by atoms with van der Waals surface area (Å²) in [7, 11) is -1.06. The molecule has 32 heavy (non-hydrogen) atoms. The topological polar surface area (TPSA) is 26.3 Å². The number of allylic oxidation sites excluding steroid dienone is 2. The first-order chi connectivity index (χ1) is 14.8. The van der Waals surface area contributed by atoms with Crippen LogP contribution in [0.15, 0.2) is 11.8 Å². The summed E-state index contributed by atoms with van der Waals surface area (Å²) in [5.41, 5.74) is 0.750. The first-order valence-corrected chi connectivity index (χ1v) is 16.2. The monoisotopic (exact) mass is 464 g/mol. The molecule has 3 rings (SSSR count). The van der Waals surface area contributed by atoms with E-state index in [1.165, 1.54) is 50.7 Å². The molecule has 0 N–H and O–H groups in total. The summed E-state index contributed by atoms with van der Waals surface area (Å²) < 4.78 is 6.86. The highest BCUT2D eigenvalue weighted by Crippen LogP contribution is 2.66. The molecule has 0 bridgehead atoms. The van der Waals surface area contributed by atoms with Gasteiger partial charge in [-0.2, -0.15) is 0 Å². The van der Waals surface area contributed by atoms with Gasteiger partial charge in [0.05, 0.1) is 0 Å². The van der Waals surface area contributed by atoms with Crippen molar-refractivity contribution in [1.82, 2.24) is 0 Å². The molecule has 0 spiro atoms. The van der Waals surface area contributed by atoms with E-state index in [1.807, 2.05) is 0 Å². The van der Waals surface area contributed by atoms with Crippen molar-refractivity contribution in [2.75, 3.05) is 18.8 Å². The Morgan fingerprint density at radius 2 is 1.88 bits per heavy atom. The normalized spacial score (nSPS) is 39.8. The van der Waals surface area contributed by atoms with Crippen LogP contribution in [0.25, 0.3) is 0 Å². The molecule has 0 amide bonds. The van der Waals surface area contributed by atoms with Crippen molar-refractivity contribution in [2.45, 2.75) is 99.3 Å².